The van der Waals surface area contributed by atoms with Crippen molar-refractivity contribution in [3.05, 3.63) is 28.2 Å². The zero-order valence-corrected chi connectivity index (χ0v) is 25.7. The molecular weight excluding hydrogens is 613 g/mol. The number of methoxy groups -OCH3 is 1. The van der Waals surface area contributed by atoms with Crippen LogP contribution in [0.15, 0.2) is 22.7 Å². The van der Waals surface area contributed by atoms with Crippen LogP contribution in [0, 0.1) is 0 Å². The highest BCUT2D eigenvalue weighted by Gasteiger charge is 2.30. The second-order valence-corrected chi connectivity index (χ2v) is 11.7. The van der Waals surface area contributed by atoms with E-state index < -0.39 is 37.6 Å². The Labute approximate surface area is 242 Å². The normalized spacial score (nSPS) is 14.3. The number of hydrogen-bond acceptors (Lipinski definition) is 10. The molecule has 0 spiro atoms. The number of benzene rings is 1. The van der Waals surface area contributed by atoms with E-state index in [0.29, 0.717) is 30.8 Å². The highest BCUT2D eigenvalue weighted by Crippen LogP contribution is 2.47. The molecule has 2 rings (SSSR count). The Balaban J connectivity index is 2.11. The monoisotopic (exact) mass is 649 g/mol. The first-order valence-electron chi connectivity index (χ1n) is 12.8. The number of halogens is 1. The van der Waals surface area contributed by atoms with Gasteiger partial charge in [-0.2, -0.15) is 0 Å². The minimum atomic E-state index is -3.64. The SMILES string of the molecule is CCOP(=O)(CC(=O)N(C)CC(=O)N[C@H](COc1cc(Br)ccc1C(=O)OC)CC(=O)N1CCOCC1)OCC. The van der Waals surface area contributed by atoms with E-state index in [1.54, 1.807) is 30.9 Å². The average molecular weight is 650 g/mol. The number of rotatable bonds is 15. The predicted octanol–water partition coefficient (Wildman–Crippen LogP) is 2.07. The van der Waals surface area contributed by atoms with Gasteiger partial charge in [0.05, 0.1) is 52.5 Å². The highest BCUT2D eigenvalue weighted by molar-refractivity contribution is 9.10. The van der Waals surface area contributed by atoms with Crippen molar-refractivity contribution in [1.82, 2.24) is 15.1 Å². The molecule has 1 aromatic rings. The van der Waals surface area contributed by atoms with Crippen molar-refractivity contribution in [3.63, 3.8) is 0 Å². The molecule has 224 valence electrons. The summed E-state index contributed by atoms with van der Waals surface area (Å²) in [7, 11) is -1.01. The average Bonchev–Trinajstić information content (AvgIpc) is 2.91. The van der Waals surface area contributed by atoms with E-state index >= 15 is 0 Å². The van der Waals surface area contributed by atoms with Crippen LogP contribution in [0.2, 0.25) is 0 Å². The van der Waals surface area contributed by atoms with Gasteiger partial charge in [-0.1, -0.05) is 15.9 Å². The van der Waals surface area contributed by atoms with Gasteiger partial charge in [0.15, 0.2) is 0 Å². The van der Waals surface area contributed by atoms with Gasteiger partial charge in [0.2, 0.25) is 17.7 Å². The van der Waals surface area contributed by atoms with Gasteiger partial charge in [0, 0.05) is 24.6 Å². The zero-order chi connectivity index (χ0) is 29.7. The van der Waals surface area contributed by atoms with Gasteiger partial charge in [-0.3, -0.25) is 18.9 Å². The fourth-order valence-corrected chi connectivity index (χ4v) is 5.73. The molecule has 1 saturated heterocycles. The maximum Gasteiger partial charge on any atom is 0.341 e. The van der Waals surface area contributed by atoms with Gasteiger partial charge < -0.3 is 38.4 Å². The molecule has 0 radical (unpaired) electrons. The van der Waals surface area contributed by atoms with Gasteiger partial charge in [-0.15, -0.1) is 0 Å². The molecule has 0 saturated carbocycles. The molecule has 13 nitrogen and oxygen atoms in total. The van der Waals surface area contributed by atoms with Crippen molar-refractivity contribution in [2.75, 3.05) is 73.0 Å². The molecule has 0 aromatic heterocycles. The number of morpholine rings is 1. The second-order valence-electron chi connectivity index (χ2n) is 8.76. The summed E-state index contributed by atoms with van der Waals surface area (Å²) in [4.78, 5) is 53.4. The molecule has 3 amide bonds. The zero-order valence-electron chi connectivity index (χ0n) is 23.2. The third-order valence-corrected chi connectivity index (χ3v) is 8.18. The first-order chi connectivity index (χ1) is 19.0. The van der Waals surface area contributed by atoms with Crippen molar-refractivity contribution in [2.24, 2.45) is 0 Å². The van der Waals surface area contributed by atoms with Gasteiger partial charge >= 0.3 is 13.6 Å². The summed E-state index contributed by atoms with van der Waals surface area (Å²) in [5, 5.41) is 2.74. The topological polar surface area (TPSA) is 150 Å². The molecule has 1 aliphatic rings. The molecular formula is C25H37BrN3O10P. The van der Waals surface area contributed by atoms with E-state index in [-0.39, 0.29) is 50.0 Å². The van der Waals surface area contributed by atoms with Crippen LogP contribution in [-0.2, 0) is 37.5 Å². The first-order valence-corrected chi connectivity index (χ1v) is 15.3. The Morgan fingerprint density at radius 1 is 1.15 bits per heavy atom. The lowest BCUT2D eigenvalue weighted by Gasteiger charge is -2.29. The maximum atomic E-state index is 12.9. The Bertz CT molecular complexity index is 1070. The Morgan fingerprint density at radius 3 is 2.40 bits per heavy atom. The molecule has 1 heterocycles. The largest absolute Gasteiger partial charge is 0.490 e. The van der Waals surface area contributed by atoms with Crippen molar-refractivity contribution < 1.29 is 47.0 Å². The van der Waals surface area contributed by atoms with Crippen LogP contribution in [0.5, 0.6) is 5.75 Å². The lowest BCUT2D eigenvalue weighted by Crippen LogP contribution is -2.49. The Morgan fingerprint density at radius 2 is 1.80 bits per heavy atom. The van der Waals surface area contributed by atoms with Crippen LogP contribution in [0.3, 0.4) is 0 Å². The third-order valence-electron chi connectivity index (χ3n) is 5.73. The Hall–Kier alpha value is -2.51. The molecule has 1 aromatic carbocycles. The summed E-state index contributed by atoms with van der Waals surface area (Å²) in [5.74, 6) is -1.78. The number of hydrogen-bond donors (Lipinski definition) is 1. The molecule has 0 bridgehead atoms. The Kier molecular flexibility index (Phi) is 14.1. The standard InChI is InChI=1S/C25H37BrN3O10P/c1-5-38-40(34,39-6-2)17-24(32)28(3)15-22(30)27-19(14-23(31)29-9-11-36-12-10-29)16-37-21-13-18(26)7-8-20(21)25(33)35-4/h7-8,13,19H,5-6,9-12,14-17H2,1-4H3,(H,27,30)/t19-/m0/s1. The maximum absolute atomic E-state index is 12.9. The van der Waals surface area contributed by atoms with Crippen LogP contribution in [0.25, 0.3) is 0 Å². The number of esters is 1. The van der Waals surface area contributed by atoms with E-state index in [1.165, 1.54) is 20.2 Å². The van der Waals surface area contributed by atoms with Crippen molar-refractivity contribution >= 4 is 47.2 Å². The number of carbonyl (C=O) groups is 4. The number of carbonyl (C=O) groups excluding carboxylic acids is 4. The second kappa shape index (κ2) is 16.7. The van der Waals surface area contributed by atoms with Gasteiger partial charge in [-0.05, 0) is 32.0 Å². The molecule has 40 heavy (non-hydrogen) atoms. The minimum Gasteiger partial charge on any atom is -0.490 e. The summed E-state index contributed by atoms with van der Waals surface area (Å²) < 4.78 is 39.7. The van der Waals surface area contributed by atoms with Gasteiger partial charge in [0.25, 0.3) is 0 Å². The minimum absolute atomic E-state index is 0.0884. The lowest BCUT2D eigenvalue weighted by molar-refractivity contribution is -0.137. The van der Waals surface area contributed by atoms with Crippen LogP contribution in [-0.4, -0.2) is 113 Å². The van der Waals surface area contributed by atoms with E-state index in [1.807, 2.05) is 0 Å². The van der Waals surface area contributed by atoms with E-state index in [2.05, 4.69) is 21.2 Å². The number of ether oxygens (including phenoxy) is 3. The molecule has 1 fully saturated rings. The lowest BCUT2D eigenvalue weighted by atomic mass is 10.1. The summed E-state index contributed by atoms with van der Waals surface area (Å²) in [6.07, 6.45) is -0.603. The predicted molar refractivity (Wildman–Crippen MR) is 148 cm³/mol. The molecule has 1 atom stereocenters. The van der Waals surface area contributed by atoms with Crippen molar-refractivity contribution in [2.45, 2.75) is 26.3 Å². The molecule has 0 unspecified atom stereocenters. The number of likely N-dealkylation sites (N-methyl/N-ethyl adjacent to an activating group) is 1. The van der Waals surface area contributed by atoms with Crippen molar-refractivity contribution in [1.29, 1.82) is 0 Å². The summed E-state index contributed by atoms with van der Waals surface area (Å²) in [6.45, 7) is 4.64. The first kappa shape index (κ1) is 33.7. The summed E-state index contributed by atoms with van der Waals surface area (Å²) in [5.41, 5.74) is 0.175. The highest BCUT2D eigenvalue weighted by atomic mass is 79.9. The smallest absolute Gasteiger partial charge is 0.341 e. The van der Waals surface area contributed by atoms with Crippen LogP contribution in [0.1, 0.15) is 30.6 Å². The quantitative estimate of drug-likeness (QED) is 0.221. The fraction of sp³-hybridized carbons (Fsp3) is 0.600. The van der Waals surface area contributed by atoms with Gasteiger partial charge in [0.1, 0.15) is 24.1 Å². The molecule has 1 aliphatic heterocycles. The number of amides is 3. The van der Waals surface area contributed by atoms with E-state index in [0.717, 1.165) is 4.90 Å². The van der Waals surface area contributed by atoms with E-state index in [9.17, 15) is 23.7 Å². The van der Waals surface area contributed by atoms with Gasteiger partial charge in [-0.25, -0.2) is 4.79 Å². The number of nitrogens with zero attached hydrogens (tertiary/aromatic N) is 2. The molecule has 15 heteroatoms. The van der Waals surface area contributed by atoms with Crippen LogP contribution in [0.4, 0.5) is 0 Å². The van der Waals surface area contributed by atoms with Crippen LogP contribution >= 0.6 is 23.5 Å². The summed E-state index contributed by atoms with van der Waals surface area (Å²) >= 11 is 3.34. The fourth-order valence-electron chi connectivity index (χ4n) is 3.77. The van der Waals surface area contributed by atoms with Crippen molar-refractivity contribution in [3.8, 4) is 5.75 Å². The van der Waals surface area contributed by atoms with Crippen LogP contribution < -0.4 is 10.1 Å². The third kappa shape index (κ3) is 10.8. The molecule has 1 N–H and O–H groups in total. The summed E-state index contributed by atoms with van der Waals surface area (Å²) in [6, 6.07) is 3.97. The number of nitrogens with one attached hydrogen (secondary N) is 1. The molecule has 0 aliphatic carbocycles. The van der Waals surface area contributed by atoms with E-state index in [4.69, 9.17) is 23.3 Å².